The summed E-state index contributed by atoms with van der Waals surface area (Å²) in [5, 5.41) is 0. The van der Waals surface area contributed by atoms with Crippen LogP contribution in [0.5, 0.6) is 0 Å². The number of carbonyl (C=O) groups is 1. The largest absolute Gasteiger partial charge is 0.366 e. The molecule has 2 heterocycles. The molecule has 4 nitrogen and oxygen atoms in total. The van der Waals surface area contributed by atoms with E-state index in [0.29, 0.717) is 38.3 Å². The van der Waals surface area contributed by atoms with Crippen molar-refractivity contribution in [1.29, 1.82) is 0 Å². The predicted octanol–water partition coefficient (Wildman–Crippen LogP) is 2.05. The fourth-order valence-corrected chi connectivity index (χ4v) is 2.66. The topological polar surface area (TPSA) is 39.3 Å². The number of aromatic amines is 1. The van der Waals surface area contributed by atoms with Gasteiger partial charge in [0.15, 0.2) is 0 Å². The van der Waals surface area contributed by atoms with Gasteiger partial charge in [-0.25, -0.2) is 4.39 Å². The zero-order valence-corrected chi connectivity index (χ0v) is 11.8. The van der Waals surface area contributed by atoms with Crippen molar-refractivity contribution in [1.82, 2.24) is 9.88 Å². The summed E-state index contributed by atoms with van der Waals surface area (Å²) in [6.45, 7) is 2.59. The third-order valence-electron chi connectivity index (χ3n) is 3.83. The van der Waals surface area contributed by atoms with Crippen molar-refractivity contribution < 1.29 is 9.18 Å². The Kier molecular flexibility index (Phi) is 3.90. The van der Waals surface area contributed by atoms with Crippen molar-refractivity contribution in [3.8, 4) is 0 Å². The molecule has 1 N–H and O–H groups in total. The minimum absolute atomic E-state index is 0.116. The first-order chi connectivity index (χ1) is 10.2. The van der Waals surface area contributed by atoms with Crippen molar-refractivity contribution >= 4 is 11.6 Å². The summed E-state index contributed by atoms with van der Waals surface area (Å²) in [6.07, 6.45) is 2.21. The number of hydrogen-bond acceptors (Lipinski definition) is 2. The van der Waals surface area contributed by atoms with Crippen molar-refractivity contribution in [3.63, 3.8) is 0 Å². The van der Waals surface area contributed by atoms with Crippen LogP contribution in [-0.2, 0) is 11.2 Å². The Morgan fingerprint density at radius 1 is 1.10 bits per heavy atom. The third kappa shape index (κ3) is 3.07. The molecule has 0 atom stereocenters. The van der Waals surface area contributed by atoms with Gasteiger partial charge in [0.1, 0.15) is 5.82 Å². The third-order valence-corrected chi connectivity index (χ3v) is 3.83. The number of benzene rings is 1. The number of piperazine rings is 1. The van der Waals surface area contributed by atoms with Crippen LogP contribution in [0, 0.1) is 5.82 Å². The van der Waals surface area contributed by atoms with Crippen LogP contribution in [-0.4, -0.2) is 42.0 Å². The zero-order valence-electron chi connectivity index (χ0n) is 11.8. The van der Waals surface area contributed by atoms with Gasteiger partial charge in [0.2, 0.25) is 5.91 Å². The smallest absolute Gasteiger partial charge is 0.228 e. The number of rotatable bonds is 3. The quantitative estimate of drug-likeness (QED) is 0.938. The fourth-order valence-electron chi connectivity index (χ4n) is 2.66. The number of nitrogens with one attached hydrogen (secondary N) is 1. The molecular formula is C16H18FN3O. The maximum Gasteiger partial charge on any atom is 0.228 e. The number of H-pyrrole nitrogens is 1. The Balaban J connectivity index is 1.58. The number of aromatic nitrogens is 1. The average Bonchev–Trinajstić information content (AvgIpc) is 3.01. The maximum atomic E-state index is 13.8. The lowest BCUT2D eigenvalue weighted by molar-refractivity contribution is -0.130. The summed E-state index contributed by atoms with van der Waals surface area (Å²) in [4.78, 5) is 19.1. The lowest BCUT2D eigenvalue weighted by atomic mass is 10.2. The maximum absolute atomic E-state index is 13.8. The number of hydrogen-bond donors (Lipinski definition) is 1. The first-order valence-electron chi connectivity index (χ1n) is 7.13. The lowest BCUT2D eigenvalue weighted by Gasteiger charge is -2.36. The molecule has 1 aliphatic heterocycles. The van der Waals surface area contributed by atoms with Crippen LogP contribution < -0.4 is 4.90 Å². The molecule has 1 aliphatic rings. The highest BCUT2D eigenvalue weighted by Crippen LogP contribution is 2.20. The van der Waals surface area contributed by atoms with Gasteiger partial charge in [-0.15, -0.1) is 0 Å². The highest BCUT2D eigenvalue weighted by atomic mass is 19.1. The zero-order chi connectivity index (χ0) is 14.7. The van der Waals surface area contributed by atoms with E-state index in [0.717, 1.165) is 5.69 Å². The van der Waals surface area contributed by atoms with Gasteiger partial charge in [0.05, 0.1) is 12.1 Å². The van der Waals surface area contributed by atoms with Crippen LogP contribution in [0.4, 0.5) is 10.1 Å². The minimum atomic E-state index is -0.205. The van der Waals surface area contributed by atoms with Gasteiger partial charge >= 0.3 is 0 Å². The molecule has 0 radical (unpaired) electrons. The number of amides is 1. The second-order valence-corrected chi connectivity index (χ2v) is 5.19. The Morgan fingerprint density at radius 2 is 1.86 bits per heavy atom. The lowest BCUT2D eigenvalue weighted by Crippen LogP contribution is -2.49. The van der Waals surface area contributed by atoms with Crippen LogP contribution in [0.1, 0.15) is 5.69 Å². The molecule has 0 saturated carbocycles. The first-order valence-corrected chi connectivity index (χ1v) is 7.13. The Morgan fingerprint density at radius 3 is 2.52 bits per heavy atom. The molecule has 0 spiro atoms. The van der Waals surface area contributed by atoms with E-state index in [4.69, 9.17) is 0 Å². The molecule has 3 rings (SSSR count). The average molecular weight is 287 g/mol. The molecule has 0 unspecified atom stereocenters. The second-order valence-electron chi connectivity index (χ2n) is 5.19. The normalized spacial score (nSPS) is 15.3. The molecule has 110 valence electrons. The summed E-state index contributed by atoms with van der Waals surface area (Å²) in [7, 11) is 0. The van der Waals surface area contributed by atoms with Gasteiger partial charge in [-0.3, -0.25) is 4.79 Å². The highest BCUT2D eigenvalue weighted by molar-refractivity contribution is 5.78. The van der Waals surface area contributed by atoms with E-state index in [2.05, 4.69) is 4.98 Å². The van der Waals surface area contributed by atoms with E-state index in [1.54, 1.807) is 12.1 Å². The number of anilines is 1. The van der Waals surface area contributed by atoms with Crippen molar-refractivity contribution in [3.05, 3.63) is 54.1 Å². The number of carbonyl (C=O) groups excluding carboxylic acids is 1. The van der Waals surface area contributed by atoms with Crippen molar-refractivity contribution in [2.24, 2.45) is 0 Å². The van der Waals surface area contributed by atoms with Crippen LogP contribution >= 0.6 is 0 Å². The van der Waals surface area contributed by atoms with E-state index in [9.17, 15) is 9.18 Å². The molecule has 1 fully saturated rings. The SMILES string of the molecule is O=C(Cc1ccc[nH]1)N1CCN(c2ccccc2F)CC1. The molecule has 1 aromatic carbocycles. The summed E-state index contributed by atoms with van der Waals surface area (Å²) < 4.78 is 13.8. The summed E-state index contributed by atoms with van der Waals surface area (Å²) in [5.41, 5.74) is 1.55. The summed E-state index contributed by atoms with van der Waals surface area (Å²) in [6, 6.07) is 10.6. The van der Waals surface area contributed by atoms with Gasteiger partial charge in [0.25, 0.3) is 0 Å². The minimum Gasteiger partial charge on any atom is -0.366 e. The van der Waals surface area contributed by atoms with Crippen LogP contribution in [0.15, 0.2) is 42.6 Å². The van der Waals surface area contributed by atoms with Crippen molar-refractivity contribution in [2.45, 2.75) is 6.42 Å². The van der Waals surface area contributed by atoms with Gasteiger partial charge in [-0.05, 0) is 24.3 Å². The van der Waals surface area contributed by atoms with E-state index < -0.39 is 0 Å². The van der Waals surface area contributed by atoms with E-state index >= 15 is 0 Å². The predicted molar refractivity (Wildman–Crippen MR) is 79.7 cm³/mol. The number of halogens is 1. The molecule has 1 aromatic heterocycles. The van der Waals surface area contributed by atoms with Gasteiger partial charge < -0.3 is 14.8 Å². The molecule has 5 heteroatoms. The molecule has 2 aromatic rings. The van der Waals surface area contributed by atoms with Crippen LogP contribution in [0.3, 0.4) is 0 Å². The molecule has 0 aliphatic carbocycles. The molecule has 0 bridgehead atoms. The van der Waals surface area contributed by atoms with Gasteiger partial charge in [-0.2, -0.15) is 0 Å². The van der Waals surface area contributed by atoms with E-state index in [1.807, 2.05) is 34.2 Å². The van der Waals surface area contributed by atoms with Gasteiger partial charge in [-0.1, -0.05) is 12.1 Å². The van der Waals surface area contributed by atoms with Crippen LogP contribution in [0.2, 0.25) is 0 Å². The number of para-hydroxylation sites is 1. The summed E-state index contributed by atoms with van der Waals surface area (Å²) in [5.74, 6) is -0.0886. The Hall–Kier alpha value is -2.30. The summed E-state index contributed by atoms with van der Waals surface area (Å²) >= 11 is 0. The van der Waals surface area contributed by atoms with Gasteiger partial charge in [0, 0.05) is 38.1 Å². The fraction of sp³-hybridized carbons (Fsp3) is 0.312. The van der Waals surface area contributed by atoms with Crippen molar-refractivity contribution in [2.75, 3.05) is 31.1 Å². The standard InChI is InChI=1S/C16H18FN3O/c17-14-5-1-2-6-15(14)19-8-10-20(11-9-19)16(21)12-13-4-3-7-18-13/h1-7,18H,8-12H2. The van der Waals surface area contributed by atoms with E-state index in [-0.39, 0.29) is 11.7 Å². The number of nitrogens with zero attached hydrogens (tertiary/aromatic N) is 2. The van der Waals surface area contributed by atoms with Crippen LogP contribution in [0.25, 0.3) is 0 Å². The first kappa shape index (κ1) is 13.7. The Labute approximate surface area is 123 Å². The molecule has 1 amide bonds. The Bertz CT molecular complexity index is 604. The second kappa shape index (κ2) is 5.99. The molecular weight excluding hydrogens is 269 g/mol. The molecule has 21 heavy (non-hydrogen) atoms. The molecule has 1 saturated heterocycles. The monoisotopic (exact) mass is 287 g/mol. The highest BCUT2D eigenvalue weighted by Gasteiger charge is 2.22. The van der Waals surface area contributed by atoms with E-state index in [1.165, 1.54) is 6.07 Å².